The minimum absolute atomic E-state index is 0.0722. The number of fused-ring (bicyclic) bond motifs is 1. The molecule has 1 amide bonds. The van der Waals surface area contributed by atoms with Crippen molar-refractivity contribution in [2.75, 3.05) is 18.1 Å². The highest BCUT2D eigenvalue weighted by atomic mass is 16.6. The van der Waals surface area contributed by atoms with Crippen molar-refractivity contribution in [3.63, 3.8) is 0 Å². The molecule has 3 rings (SSSR count). The number of benzene rings is 2. The summed E-state index contributed by atoms with van der Waals surface area (Å²) >= 11 is 0. The zero-order valence-electron chi connectivity index (χ0n) is 15.3. The Morgan fingerprint density at radius 3 is 2.67 bits per heavy atom. The number of carbonyl (C=O) groups is 2. The number of hydrogen-bond acceptors (Lipinski definition) is 5. The average molecular weight is 364 g/mol. The number of anilines is 1. The van der Waals surface area contributed by atoms with Crippen molar-refractivity contribution in [2.45, 2.75) is 26.7 Å². The molecule has 27 heavy (non-hydrogen) atoms. The molecule has 0 spiro atoms. The average Bonchev–Trinajstić information content (AvgIpc) is 3.12. The van der Waals surface area contributed by atoms with Crippen LogP contribution in [-0.4, -0.2) is 25.0 Å². The van der Waals surface area contributed by atoms with Gasteiger partial charge in [0.2, 0.25) is 5.91 Å². The molecule has 0 bridgehead atoms. The fourth-order valence-electron chi connectivity index (χ4n) is 3.07. The number of carbonyl (C=O) groups excluding carboxylic acids is 2. The first-order valence-corrected chi connectivity index (χ1v) is 8.89. The first-order chi connectivity index (χ1) is 13.1. The fraction of sp³-hybridized carbons (Fsp3) is 0.286. The van der Waals surface area contributed by atoms with Gasteiger partial charge in [-0.05, 0) is 49.2 Å². The molecule has 0 saturated carbocycles. The highest BCUT2D eigenvalue weighted by Gasteiger charge is 2.25. The molecular weight excluding hydrogens is 344 g/mol. The summed E-state index contributed by atoms with van der Waals surface area (Å²) in [7, 11) is 0. The highest BCUT2D eigenvalue weighted by Crippen LogP contribution is 2.32. The first-order valence-electron chi connectivity index (χ1n) is 8.89. The third-order valence-electron chi connectivity index (χ3n) is 4.39. The molecule has 6 nitrogen and oxygen atoms in total. The lowest BCUT2D eigenvalue weighted by atomic mass is 10.1. The molecule has 0 aromatic heterocycles. The monoisotopic (exact) mass is 364 g/mol. The molecule has 2 aromatic carbocycles. The third-order valence-corrected chi connectivity index (χ3v) is 4.39. The van der Waals surface area contributed by atoms with E-state index in [1.807, 2.05) is 19.9 Å². The minimum Gasteiger partial charge on any atom is -0.490 e. The van der Waals surface area contributed by atoms with Crippen molar-refractivity contribution >= 4 is 17.6 Å². The van der Waals surface area contributed by atoms with Crippen LogP contribution in [0.2, 0.25) is 0 Å². The van der Waals surface area contributed by atoms with E-state index in [1.165, 1.54) is 0 Å². The summed E-state index contributed by atoms with van der Waals surface area (Å²) in [6, 6.07) is 11.9. The van der Waals surface area contributed by atoms with Crippen molar-refractivity contribution in [1.29, 1.82) is 5.26 Å². The van der Waals surface area contributed by atoms with Gasteiger partial charge >= 0.3 is 5.97 Å². The van der Waals surface area contributed by atoms with E-state index in [9.17, 15) is 9.59 Å². The normalized spacial score (nSPS) is 12.3. The quantitative estimate of drug-likeness (QED) is 0.599. The number of nitrogens with zero attached hydrogens (tertiary/aromatic N) is 2. The van der Waals surface area contributed by atoms with E-state index in [0.29, 0.717) is 42.9 Å². The summed E-state index contributed by atoms with van der Waals surface area (Å²) < 4.78 is 11.0. The summed E-state index contributed by atoms with van der Waals surface area (Å²) in [6.07, 6.45) is 1.16. The second-order valence-electron chi connectivity index (χ2n) is 6.09. The molecule has 0 aliphatic carbocycles. The molecule has 1 aliphatic heterocycles. The molecule has 0 unspecified atom stereocenters. The molecule has 0 saturated heterocycles. The Morgan fingerprint density at radius 2 is 1.96 bits per heavy atom. The van der Waals surface area contributed by atoms with Crippen LogP contribution in [0, 0.1) is 11.3 Å². The summed E-state index contributed by atoms with van der Waals surface area (Å²) in [5.41, 5.74) is 2.64. The molecule has 1 heterocycles. The van der Waals surface area contributed by atoms with Crippen molar-refractivity contribution in [2.24, 2.45) is 0 Å². The standard InChI is InChI=1S/C21H20N2O4/c1-3-20(24)23-10-9-15-12-16(6-7-17(15)23)21(25)27-18-8-5-14(13-22)11-19(18)26-4-2/h5-8,11-12H,3-4,9-10H2,1-2H3. The molecule has 0 atom stereocenters. The van der Waals surface area contributed by atoms with Crippen LogP contribution in [0.5, 0.6) is 11.5 Å². The van der Waals surface area contributed by atoms with E-state index in [-0.39, 0.29) is 11.7 Å². The van der Waals surface area contributed by atoms with Crippen LogP contribution >= 0.6 is 0 Å². The highest BCUT2D eigenvalue weighted by molar-refractivity contribution is 5.97. The predicted octanol–water partition coefficient (Wildman–Crippen LogP) is 3.48. The summed E-state index contributed by atoms with van der Waals surface area (Å²) in [5, 5.41) is 9.01. The van der Waals surface area contributed by atoms with Gasteiger partial charge in [-0.1, -0.05) is 6.92 Å². The maximum Gasteiger partial charge on any atom is 0.343 e. The van der Waals surface area contributed by atoms with Crippen molar-refractivity contribution < 1.29 is 19.1 Å². The minimum atomic E-state index is -0.510. The van der Waals surface area contributed by atoms with Gasteiger partial charge in [0.25, 0.3) is 0 Å². The topological polar surface area (TPSA) is 79.6 Å². The lowest BCUT2D eigenvalue weighted by molar-refractivity contribution is -0.118. The lowest BCUT2D eigenvalue weighted by Gasteiger charge is -2.16. The number of amides is 1. The van der Waals surface area contributed by atoms with Gasteiger partial charge in [0.1, 0.15) is 0 Å². The van der Waals surface area contributed by atoms with Crippen LogP contribution < -0.4 is 14.4 Å². The van der Waals surface area contributed by atoms with E-state index in [0.717, 1.165) is 11.3 Å². The fourth-order valence-corrected chi connectivity index (χ4v) is 3.07. The summed E-state index contributed by atoms with van der Waals surface area (Å²) in [4.78, 5) is 26.3. The molecule has 0 fully saturated rings. The number of rotatable bonds is 5. The molecule has 6 heteroatoms. The predicted molar refractivity (Wildman–Crippen MR) is 100 cm³/mol. The van der Waals surface area contributed by atoms with Gasteiger partial charge in [0.05, 0.1) is 23.8 Å². The van der Waals surface area contributed by atoms with Gasteiger partial charge in [-0.25, -0.2) is 4.79 Å². The zero-order chi connectivity index (χ0) is 19.4. The van der Waals surface area contributed by atoms with Crippen molar-refractivity contribution in [3.05, 3.63) is 53.1 Å². The number of nitriles is 1. The second kappa shape index (κ2) is 7.92. The SMILES string of the molecule is CCOc1cc(C#N)ccc1OC(=O)c1ccc2c(c1)CCN2C(=O)CC. The van der Waals surface area contributed by atoms with Gasteiger partial charge in [0.15, 0.2) is 11.5 Å². The largest absolute Gasteiger partial charge is 0.490 e. The van der Waals surface area contributed by atoms with Gasteiger partial charge in [-0.3, -0.25) is 4.79 Å². The smallest absolute Gasteiger partial charge is 0.343 e. The maximum absolute atomic E-state index is 12.6. The van der Waals surface area contributed by atoms with Crippen LogP contribution in [0.1, 0.15) is 41.8 Å². The van der Waals surface area contributed by atoms with Gasteiger partial charge in [-0.15, -0.1) is 0 Å². The van der Waals surface area contributed by atoms with Crippen LogP contribution in [0.3, 0.4) is 0 Å². The Balaban J connectivity index is 1.82. The van der Waals surface area contributed by atoms with Crippen LogP contribution in [-0.2, 0) is 11.2 Å². The third kappa shape index (κ3) is 3.77. The second-order valence-corrected chi connectivity index (χ2v) is 6.09. The number of esters is 1. The van der Waals surface area contributed by atoms with Crippen molar-refractivity contribution in [3.8, 4) is 17.6 Å². The van der Waals surface area contributed by atoms with Gasteiger partial charge < -0.3 is 14.4 Å². The Hall–Kier alpha value is -3.33. The van der Waals surface area contributed by atoms with Gasteiger partial charge in [0, 0.05) is 24.7 Å². The Labute approximate surface area is 157 Å². The van der Waals surface area contributed by atoms with E-state index in [4.69, 9.17) is 14.7 Å². The molecule has 2 aromatic rings. The van der Waals surface area contributed by atoms with E-state index < -0.39 is 5.97 Å². The summed E-state index contributed by atoms with van der Waals surface area (Å²) in [5.74, 6) is 0.182. The van der Waals surface area contributed by atoms with E-state index in [2.05, 4.69) is 0 Å². The first kappa shape index (κ1) is 18.5. The summed E-state index contributed by atoms with van der Waals surface area (Å²) in [6.45, 7) is 4.66. The molecule has 0 N–H and O–H groups in total. The molecule has 1 aliphatic rings. The lowest BCUT2D eigenvalue weighted by Crippen LogP contribution is -2.27. The maximum atomic E-state index is 12.6. The van der Waals surface area contributed by atoms with Crippen LogP contribution in [0.15, 0.2) is 36.4 Å². The molecule has 138 valence electrons. The van der Waals surface area contributed by atoms with E-state index >= 15 is 0 Å². The van der Waals surface area contributed by atoms with Crippen molar-refractivity contribution in [1.82, 2.24) is 0 Å². The number of ether oxygens (including phenoxy) is 2. The Morgan fingerprint density at radius 1 is 1.15 bits per heavy atom. The Kier molecular flexibility index (Phi) is 5.41. The number of hydrogen-bond donors (Lipinski definition) is 0. The van der Waals surface area contributed by atoms with E-state index in [1.54, 1.807) is 41.3 Å². The zero-order valence-corrected chi connectivity index (χ0v) is 15.3. The molecule has 0 radical (unpaired) electrons. The molecular formula is C21H20N2O4. The van der Waals surface area contributed by atoms with Crippen LogP contribution in [0.4, 0.5) is 5.69 Å². The Bertz CT molecular complexity index is 930. The van der Waals surface area contributed by atoms with Gasteiger partial charge in [-0.2, -0.15) is 5.26 Å². The van der Waals surface area contributed by atoms with Crippen LogP contribution in [0.25, 0.3) is 0 Å².